The SMILES string of the molecule is CCCCCCCCC(F)(F)C(=O)O. The van der Waals surface area contributed by atoms with Gasteiger partial charge in [0.1, 0.15) is 0 Å². The molecule has 0 rings (SSSR count). The fraction of sp³-hybridized carbons (Fsp3) is 0.900. The van der Waals surface area contributed by atoms with Crippen LogP contribution in [0.25, 0.3) is 0 Å². The van der Waals surface area contributed by atoms with Crippen LogP contribution in [0.2, 0.25) is 0 Å². The minimum Gasteiger partial charge on any atom is -0.477 e. The number of carbonyl (C=O) groups is 1. The molecule has 1 N–H and O–H groups in total. The molecule has 0 aliphatic carbocycles. The number of rotatable bonds is 8. The van der Waals surface area contributed by atoms with Gasteiger partial charge in [0.05, 0.1) is 0 Å². The lowest BCUT2D eigenvalue weighted by Gasteiger charge is -2.09. The van der Waals surface area contributed by atoms with Gasteiger partial charge >= 0.3 is 11.9 Å². The summed E-state index contributed by atoms with van der Waals surface area (Å²) in [5, 5.41) is 8.13. The summed E-state index contributed by atoms with van der Waals surface area (Å²) in [5.74, 6) is -5.55. The van der Waals surface area contributed by atoms with E-state index in [1.54, 1.807) is 0 Å². The minimum atomic E-state index is -3.54. The number of unbranched alkanes of at least 4 members (excludes halogenated alkanes) is 5. The minimum absolute atomic E-state index is 0.295. The van der Waals surface area contributed by atoms with Gasteiger partial charge in [0.15, 0.2) is 0 Å². The Labute approximate surface area is 83.3 Å². The van der Waals surface area contributed by atoms with E-state index in [0.29, 0.717) is 12.8 Å². The van der Waals surface area contributed by atoms with Crippen LogP contribution in [0.15, 0.2) is 0 Å². The van der Waals surface area contributed by atoms with Gasteiger partial charge < -0.3 is 5.11 Å². The highest BCUT2D eigenvalue weighted by atomic mass is 19.3. The van der Waals surface area contributed by atoms with Crippen molar-refractivity contribution >= 4 is 5.97 Å². The van der Waals surface area contributed by atoms with Gasteiger partial charge in [0.2, 0.25) is 0 Å². The van der Waals surface area contributed by atoms with Crippen LogP contribution in [0.4, 0.5) is 8.78 Å². The highest BCUT2D eigenvalue weighted by Crippen LogP contribution is 2.22. The number of halogens is 2. The van der Waals surface area contributed by atoms with E-state index in [0.717, 1.165) is 25.7 Å². The second kappa shape index (κ2) is 6.74. The van der Waals surface area contributed by atoms with E-state index < -0.39 is 18.3 Å². The van der Waals surface area contributed by atoms with Gasteiger partial charge in [-0.1, -0.05) is 39.0 Å². The summed E-state index contributed by atoms with van der Waals surface area (Å²) in [6.07, 6.45) is 4.67. The second-order valence-corrected chi connectivity index (χ2v) is 3.53. The van der Waals surface area contributed by atoms with Crippen molar-refractivity contribution in [1.82, 2.24) is 0 Å². The lowest BCUT2D eigenvalue weighted by molar-refractivity contribution is -0.165. The Kier molecular flexibility index (Phi) is 6.41. The number of carboxylic acids is 1. The van der Waals surface area contributed by atoms with Crippen molar-refractivity contribution in [2.24, 2.45) is 0 Å². The molecule has 4 heteroatoms. The topological polar surface area (TPSA) is 37.3 Å². The Hall–Kier alpha value is -0.670. The molecule has 14 heavy (non-hydrogen) atoms. The molecule has 0 bridgehead atoms. The van der Waals surface area contributed by atoms with Crippen LogP contribution in [0.5, 0.6) is 0 Å². The van der Waals surface area contributed by atoms with Crippen molar-refractivity contribution in [2.75, 3.05) is 0 Å². The number of alkyl halides is 2. The van der Waals surface area contributed by atoms with Gasteiger partial charge in [-0.3, -0.25) is 0 Å². The molecule has 0 aromatic rings. The Balaban J connectivity index is 3.40. The molecule has 0 aromatic carbocycles. The monoisotopic (exact) mass is 208 g/mol. The largest absolute Gasteiger partial charge is 0.477 e. The highest BCUT2D eigenvalue weighted by molar-refractivity contribution is 5.75. The van der Waals surface area contributed by atoms with Crippen molar-refractivity contribution in [3.63, 3.8) is 0 Å². The van der Waals surface area contributed by atoms with Crippen molar-refractivity contribution < 1.29 is 18.7 Å². The Morgan fingerprint density at radius 3 is 2.14 bits per heavy atom. The maximum absolute atomic E-state index is 12.5. The van der Waals surface area contributed by atoms with Crippen molar-refractivity contribution in [3.8, 4) is 0 Å². The molecule has 0 unspecified atom stereocenters. The van der Waals surface area contributed by atoms with E-state index in [1.165, 1.54) is 0 Å². The van der Waals surface area contributed by atoms with E-state index in [1.807, 2.05) is 0 Å². The average molecular weight is 208 g/mol. The van der Waals surface area contributed by atoms with Crippen LogP contribution in [0.1, 0.15) is 51.9 Å². The standard InChI is InChI=1S/C10H18F2O2/c1-2-3-4-5-6-7-8-10(11,12)9(13)14/h2-8H2,1H3,(H,13,14). The van der Waals surface area contributed by atoms with Crippen LogP contribution in [0, 0.1) is 0 Å². The lowest BCUT2D eigenvalue weighted by atomic mass is 10.1. The molecule has 0 aliphatic heterocycles. The number of hydrogen-bond donors (Lipinski definition) is 1. The Morgan fingerprint density at radius 1 is 1.14 bits per heavy atom. The van der Waals surface area contributed by atoms with Gasteiger partial charge in [0.25, 0.3) is 0 Å². The van der Waals surface area contributed by atoms with Crippen LogP contribution in [-0.4, -0.2) is 17.0 Å². The van der Waals surface area contributed by atoms with Crippen LogP contribution in [-0.2, 0) is 4.79 Å². The summed E-state index contributed by atoms with van der Waals surface area (Å²) in [6, 6.07) is 0. The van der Waals surface area contributed by atoms with Gasteiger partial charge in [-0.05, 0) is 6.42 Å². The third-order valence-corrected chi connectivity index (χ3v) is 2.16. The third-order valence-electron chi connectivity index (χ3n) is 2.16. The molecule has 0 radical (unpaired) electrons. The van der Waals surface area contributed by atoms with Crippen molar-refractivity contribution in [3.05, 3.63) is 0 Å². The molecule has 2 nitrogen and oxygen atoms in total. The fourth-order valence-electron chi connectivity index (χ4n) is 1.23. The van der Waals surface area contributed by atoms with E-state index in [4.69, 9.17) is 5.11 Å². The number of hydrogen-bond acceptors (Lipinski definition) is 1. The summed E-state index contributed by atoms with van der Waals surface area (Å²) in [4.78, 5) is 10.0. The van der Waals surface area contributed by atoms with Gasteiger partial charge in [-0.2, -0.15) is 8.78 Å². The van der Waals surface area contributed by atoms with Crippen LogP contribution in [0.3, 0.4) is 0 Å². The fourth-order valence-corrected chi connectivity index (χ4v) is 1.23. The predicted molar refractivity (Wildman–Crippen MR) is 50.6 cm³/mol. The molecule has 0 atom stereocenters. The molecule has 0 heterocycles. The molecule has 0 fully saturated rings. The zero-order valence-electron chi connectivity index (χ0n) is 8.56. The maximum Gasteiger partial charge on any atom is 0.374 e. The van der Waals surface area contributed by atoms with E-state index >= 15 is 0 Å². The summed E-state index contributed by atoms with van der Waals surface area (Å²) < 4.78 is 25.0. The van der Waals surface area contributed by atoms with E-state index in [-0.39, 0.29) is 0 Å². The quantitative estimate of drug-likeness (QED) is 0.620. The van der Waals surface area contributed by atoms with Crippen molar-refractivity contribution in [2.45, 2.75) is 57.8 Å². The summed E-state index contributed by atoms with van der Waals surface area (Å²) in [7, 11) is 0. The first kappa shape index (κ1) is 13.3. The van der Waals surface area contributed by atoms with Gasteiger partial charge in [-0.25, -0.2) is 4.79 Å². The smallest absolute Gasteiger partial charge is 0.374 e. The van der Waals surface area contributed by atoms with Crippen LogP contribution < -0.4 is 0 Å². The van der Waals surface area contributed by atoms with Gasteiger partial charge in [-0.15, -0.1) is 0 Å². The molecule has 84 valence electrons. The van der Waals surface area contributed by atoms with E-state index in [2.05, 4.69) is 6.92 Å². The molecule has 0 spiro atoms. The first-order valence-electron chi connectivity index (χ1n) is 5.12. The van der Waals surface area contributed by atoms with E-state index in [9.17, 15) is 13.6 Å². The maximum atomic E-state index is 12.5. The van der Waals surface area contributed by atoms with Crippen LogP contribution >= 0.6 is 0 Å². The Bertz CT molecular complexity index is 170. The molecule has 0 amide bonds. The zero-order chi connectivity index (χ0) is 11.0. The average Bonchev–Trinajstić information content (AvgIpc) is 2.10. The first-order chi connectivity index (χ1) is 6.50. The first-order valence-corrected chi connectivity index (χ1v) is 5.12. The molecule has 0 aromatic heterocycles. The Morgan fingerprint density at radius 2 is 1.64 bits per heavy atom. The summed E-state index contributed by atoms with van der Waals surface area (Å²) >= 11 is 0. The molecule has 0 saturated carbocycles. The lowest BCUT2D eigenvalue weighted by Crippen LogP contribution is -2.27. The molecular weight excluding hydrogens is 190 g/mol. The molecule has 0 saturated heterocycles. The summed E-state index contributed by atoms with van der Waals surface area (Å²) in [6.45, 7) is 2.08. The molecule has 0 aliphatic rings. The van der Waals surface area contributed by atoms with Gasteiger partial charge in [0, 0.05) is 6.42 Å². The normalized spacial score (nSPS) is 11.6. The second-order valence-electron chi connectivity index (χ2n) is 3.53. The number of carboxylic acid groups (broad SMARTS) is 1. The van der Waals surface area contributed by atoms with Crippen molar-refractivity contribution in [1.29, 1.82) is 0 Å². The predicted octanol–water partition coefficient (Wildman–Crippen LogP) is 3.46. The number of aliphatic carboxylic acids is 1. The highest BCUT2D eigenvalue weighted by Gasteiger charge is 2.37. The third kappa shape index (κ3) is 5.89. The zero-order valence-corrected chi connectivity index (χ0v) is 8.56. The summed E-state index contributed by atoms with van der Waals surface area (Å²) in [5.41, 5.74) is 0. The molecular formula is C10H18F2O2.